The molecule has 0 aliphatic heterocycles. The topological polar surface area (TPSA) is 71.1 Å². The number of thioether (sulfide) groups is 1. The Hall–Kier alpha value is -2.90. The van der Waals surface area contributed by atoms with Gasteiger partial charge in [-0.15, -0.1) is 11.3 Å². The van der Waals surface area contributed by atoms with Crippen molar-refractivity contribution in [1.82, 2.24) is 15.8 Å². The third-order valence-electron chi connectivity index (χ3n) is 3.95. The first kappa shape index (κ1) is 17.5. The summed E-state index contributed by atoms with van der Waals surface area (Å²) in [6.07, 6.45) is 0. The molecule has 0 unspecified atom stereocenters. The third-order valence-corrected chi connectivity index (χ3v) is 6.13. The third kappa shape index (κ3) is 3.94. The molecule has 1 aromatic heterocycles. The van der Waals surface area contributed by atoms with Gasteiger partial charge in [0, 0.05) is 5.56 Å². The highest BCUT2D eigenvalue weighted by atomic mass is 32.2. The zero-order chi connectivity index (χ0) is 18.6. The maximum Gasteiger partial charge on any atom is 0.270 e. The van der Waals surface area contributed by atoms with E-state index in [4.69, 9.17) is 0 Å². The molecule has 4 rings (SSSR count). The molecule has 0 fully saturated rings. The van der Waals surface area contributed by atoms with E-state index in [0.717, 1.165) is 25.3 Å². The summed E-state index contributed by atoms with van der Waals surface area (Å²) < 4.78 is 1.91. The van der Waals surface area contributed by atoms with Crippen molar-refractivity contribution in [1.29, 1.82) is 0 Å². The molecule has 7 heteroatoms. The number of nitrogens with one attached hydrogen (secondary N) is 2. The minimum Gasteiger partial charge on any atom is -0.272 e. The number of hydrazine groups is 1. The predicted molar refractivity (Wildman–Crippen MR) is 110 cm³/mol. The molecule has 0 aliphatic rings. The van der Waals surface area contributed by atoms with Gasteiger partial charge < -0.3 is 0 Å². The van der Waals surface area contributed by atoms with Crippen LogP contribution in [0.2, 0.25) is 0 Å². The van der Waals surface area contributed by atoms with Gasteiger partial charge in [-0.3, -0.25) is 20.4 Å². The minimum absolute atomic E-state index is 0.176. The van der Waals surface area contributed by atoms with E-state index in [1.807, 2.05) is 60.7 Å². The standard InChI is InChI=1S/C20H15N3O2S2/c24-18(12-26-20-21-16-10-3-4-11-17(16)27-20)22-23-19(25)15-9-5-7-13-6-1-2-8-14(13)15/h1-11H,12H2,(H,22,24)(H,23,25). The second kappa shape index (κ2) is 7.77. The Morgan fingerprint density at radius 3 is 2.59 bits per heavy atom. The van der Waals surface area contributed by atoms with Gasteiger partial charge in [-0.2, -0.15) is 0 Å². The van der Waals surface area contributed by atoms with Crippen molar-refractivity contribution in [2.24, 2.45) is 0 Å². The Kier molecular flexibility index (Phi) is 5.04. The number of carbonyl (C=O) groups is 2. The van der Waals surface area contributed by atoms with E-state index < -0.39 is 0 Å². The molecule has 0 aliphatic carbocycles. The lowest BCUT2D eigenvalue weighted by Crippen LogP contribution is -2.42. The van der Waals surface area contributed by atoms with Crippen LogP contribution in [0.25, 0.3) is 21.0 Å². The number of benzene rings is 3. The molecule has 0 atom stereocenters. The average Bonchev–Trinajstić information content (AvgIpc) is 3.13. The second-order valence-electron chi connectivity index (χ2n) is 5.77. The van der Waals surface area contributed by atoms with E-state index in [2.05, 4.69) is 15.8 Å². The van der Waals surface area contributed by atoms with Gasteiger partial charge in [-0.05, 0) is 29.0 Å². The largest absolute Gasteiger partial charge is 0.272 e. The van der Waals surface area contributed by atoms with Crippen LogP contribution in [0.3, 0.4) is 0 Å². The van der Waals surface area contributed by atoms with E-state index in [9.17, 15) is 9.59 Å². The normalized spacial score (nSPS) is 10.8. The number of para-hydroxylation sites is 1. The number of carbonyl (C=O) groups excluding carboxylic acids is 2. The summed E-state index contributed by atoms with van der Waals surface area (Å²) in [4.78, 5) is 28.9. The zero-order valence-electron chi connectivity index (χ0n) is 14.1. The lowest BCUT2D eigenvalue weighted by molar-refractivity contribution is -0.119. The number of thiazole rings is 1. The maximum absolute atomic E-state index is 12.4. The number of fused-ring (bicyclic) bond motifs is 2. The molecule has 0 radical (unpaired) electrons. The van der Waals surface area contributed by atoms with Crippen LogP contribution in [0.5, 0.6) is 0 Å². The van der Waals surface area contributed by atoms with Gasteiger partial charge in [0.1, 0.15) is 0 Å². The molecule has 2 N–H and O–H groups in total. The first-order valence-corrected chi connectivity index (χ1v) is 10.1. The van der Waals surface area contributed by atoms with Gasteiger partial charge in [-0.25, -0.2) is 4.98 Å². The van der Waals surface area contributed by atoms with Crippen molar-refractivity contribution in [3.8, 4) is 0 Å². The highest BCUT2D eigenvalue weighted by Crippen LogP contribution is 2.29. The Balaban J connectivity index is 1.35. The van der Waals surface area contributed by atoms with Crippen LogP contribution in [0.1, 0.15) is 10.4 Å². The molecular weight excluding hydrogens is 378 g/mol. The van der Waals surface area contributed by atoms with Crippen LogP contribution < -0.4 is 10.9 Å². The van der Waals surface area contributed by atoms with Crippen molar-refractivity contribution >= 4 is 55.9 Å². The quantitative estimate of drug-likeness (QED) is 0.406. The van der Waals surface area contributed by atoms with Gasteiger partial charge in [-0.1, -0.05) is 60.3 Å². The molecule has 27 heavy (non-hydrogen) atoms. The Bertz CT molecular complexity index is 1100. The average molecular weight is 393 g/mol. The van der Waals surface area contributed by atoms with Gasteiger partial charge in [0.2, 0.25) is 5.91 Å². The maximum atomic E-state index is 12.4. The van der Waals surface area contributed by atoms with Gasteiger partial charge >= 0.3 is 0 Å². The van der Waals surface area contributed by atoms with E-state index in [1.165, 1.54) is 11.8 Å². The Labute approximate surface area is 163 Å². The molecule has 0 spiro atoms. The fourth-order valence-corrected chi connectivity index (χ4v) is 4.56. The van der Waals surface area contributed by atoms with Crippen molar-refractivity contribution < 1.29 is 9.59 Å². The minimum atomic E-state index is -0.342. The molecule has 2 amide bonds. The Morgan fingerprint density at radius 2 is 1.70 bits per heavy atom. The van der Waals surface area contributed by atoms with Crippen molar-refractivity contribution in [3.63, 3.8) is 0 Å². The lowest BCUT2D eigenvalue weighted by Gasteiger charge is -2.09. The molecule has 4 aromatic rings. The zero-order valence-corrected chi connectivity index (χ0v) is 15.8. The Morgan fingerprint density at radius 1 is 0.926 bits per heavy atom. The first-order chi connectivity index (χ1) is 13.2. The number of amides is 2. The molecular formula is C20H15N3O2S2. The fraction of sp³-hybridized carbons (Fsp3) is 0.0500. The van der Waals surface area contributed by atoms with Crippen LogP contribution in [-0.4, -0.2) is 22.6 Å². The van der Waals surface area contributed by atoms with Gasteiger partial charge in [0.25, 0.3) is 5.91 Å². The van der Waals surface area contributed by atoms with E-state index in [0.29, 0.717) is 5.56 Å². The van der Waals surface area contributed by atoms with E-state index in [1.54, 1.807) is 17.4 Å². The molecule has 3 aromatic carbocycles. The molecule has 0 saturated carbocycles. The summed E-state index contributed by atoms with van der Waals surface area (Å²) in [5.74, 6) is -0.451. The monoisotopic (exact) mass is 393 g/mol. The molecule has 1 heterocycles. The fourth-order valence-electron chi connectivity index (χ4n) is 2.69. The number of hydrogen-bond donors (Lipinski definition) is 2. The van der Waals surface area contributed by atoms with Crippen molar-refractivity contribution in [2.45, 2.75) is 4.34 Å². The summed E-state index contributed by atoms with van der Waals surface area (Å²) in [6.45, 7) is 0. The predicted octanol–water partition coefficient (Wildman–Crippen LogP) is 4.00. The number of rotatable bonds is 4. The van der Waals surface area contributed by atoms with Crippen molar-refractivity contribution in [3.05, 3.63) is 72.3 Å². The molecule has 0 saturated heterocycles. The highest BCUT2D eigenvalue weighted by molar-refractivity contribution is 8.01. The summed E-state index contributed by atoms with van der Waals surface area (Å²) in [5.41, 5.74) is 6.40. The summed E-state index contributed by atoms with van der Waals surface area (Å²) in [7, 11) is 0. The number of nitrogens with zero attached hydrogens (tertiary/aromatic N) is 1. The summed E-state index contributed by atoms with van der Waals surface area (Å²) in [6, 6.07) is 21.0. The van der Waals surface area contributed by atoms with Crippen LogP contribution >= 0.6 is 23.1 Å². The van der Waals surface area contributed by atoms with Crippen LogP contribution in [0.4, 0.5) is 0 Å². The molecule has 0 bridgehead atoms. The molecule has 5 nitrogen and oxygen atoms in total. The van der Waals surface area contributed by atoms with E-state index >= 15 is 0 Å². The van der Waals surface area contributed by atoms with E-state index in [-0.39, 0.29) is 17.6 Å². The van der Waals surface area contributed by atoms with Crippen molar-refractivity contribution in [2.75, 3.05) is 5.75 Å². The SMILES string of the molecule is O=C(CSc1nc2ccccc2s1)NNC(=O)c1cccc2ccccc12. The number of hydrogen-bond acceptors (Lipinski definition) is 5. The van der Waals surface area contributed by atoms with Gasteiger partial charge in [0.15, 0.2) is 4.34 Å². The van der Waals surface area contributed by atoms with Crippen LogP contribution in [0, 0.1) is 0 Å². The number of aromatic nitrogens is 1. The smallest absolute Gasteiger partial charge is 0.270 e. The summed E-state index contributed by atoms with van der Waals surface area (Å²) >= 11 is 2.89. The van der Waals surface area contributed by atoms with Crippen LogP contribution in [0.15, 0.2) is 71.1 Å². The molecule has 134 valence electrons. The first-order valence-electron chi connectivity index (χ1n) is 8.26. The van der Waals surface area contributed by atoms with Crippen LogP contribution in [-0.2, 0) is 4.79 Å². The second-order valence-corrected chi connectivity index (χ2v) is 8.02. The lowest BCUT2D eigenvalue weighted by atomic mass is 10.0. The van der Waals surface area contributed by atoms with Gasteiger partial charge in [0.05, 0.1) is 16.0 Å². The highest BCUT2D eigenvalue weighted by Gasteiger charge is 2.12. The summed E-state index contributed by atoms with van der Waals surface area (Å²) in [5, 5.41) is 1.82.